The van der Waals surface area contributed by atoms with E-state index in [0.29, 0.717) is 15.6 Å². The molecule has 12 heteroatoms. The van der Waals surface area contributed by atoms with Crippen LogP contribution in [0.15, 0.2) is 274 Å². The topological polar surface area (TPSA) is 92.0 Å². The average molecular weight is 1250 g/mol. The molecule has 90 heavy (non-hydrogen) atoms. The van der Waals surface area contributed by atoms with Gasteiger partial charge >= 0.3 is 7.12 Å². The summed E-state index contributed by atoms with van der Waals surface area (Å²) in [6.07, 6.45) is 3.18. The lowest BCUT2D eigenvalue weighted by atomic mass is 9.79. The van der Waals surface area contributed by atoms with Gasteiger partial charge in [0.1, 0.15) is 17.8 Å². The monoisotopic (exact) mass is 1250 g/mol. The number of nitrogens with zero attached hydrogens (tertiary/aromatic N) is 4. The molecule has 0 radical (unpaired) electrons. The minimum absolute atomic E-state index is 0.474. The molecule has 426 valence electrons. The Morgan fingerprint density at radius 3 is 1.30 bits per heavy atom. The lowest BCUT2D eigenvalue weighted by Crippen LogP contribution is -2.29. The summed E-state index contributed by atoms with van der Waals surface area (Å²) in [6.45, 7) is 0. The number of hydrogen-bond acceptors (Lipinski definition) is 9. The number of halogens is 2. The molecule has 0 atom stereocenters. The molecule has 0 saturated heterocycles. The number of benzene rings is 13. The molecule has 0 amide bonds. The Hall–Kier alpha value is -9.72. The van der Waals surface area contributed by atoms with Crippen LogP contribution >= 0.6 is 57.2 Å². The van der Waals surface area contributed by atoms with Crippen molar-refractivity contribution < 1.29 is 10.0 Å². The van der Waals surface area contributed by atoms with Crippen molar-refractivity contribution in [3.05, 3.63) is 284 Å². The molecule has 0 aliphatic heterocycles. The number of rotatable bonds is 6. The smallest absolute Gasteiger partial charge is 0.423 e. The standard InChI is InChI=1S/C48H28N2S2.C18H13BO2S.C12H6Cl2N2/c1-3-19-43-38(13-1)40-17-7-15-36(47(40)51-43)31-10-5-9-29(25-31)30-21-23-35-33(26-30)22-24-42-45(49-28-50-46(35)42)34-12-6-11-32(27-34)37-16-8-18-41-39-14-2-4-20-44(39)52-48(37)41;20-19(21)13-6-3-5-12(11-13)14-8-4-9-16-15-7-1-2-10-17(15)22-18(14)16;13-8-2-4-9-7(5-8)1-3-10-11(9)15-6-16-12(10)14/h1-28H;1-11,20-21H;1-6H. The normalized spacial score (nSPS) is 11.6. The van der Waals surface area contributed by atoms with E-state index in [4.69, 9.17) is 33.2 Å². The van der Waals surface area contributed by atoms with Crippen molar-refractivity contribution in [3.8, 4) is 55.8 Å². The minimum atomic E-state index is -1.44. The maximum atomic E-state index is 9.38. The fraction of sp³-hybridized carbons (Fsp3) is 0. The highest BCUT2D eigenvalue weighted by molar-refractivity contribution is 7.27. The molecule has 0 saturated carbocycles. The SMILES string of the molecule is Clc1ccc2c(ccc3c(Cl)ncnc32)c1.OB(O)c1cccc(-c2cccc3c2sc2ccccc23)c1.c1cc(-c2ccc3c(ccc4c(-c5cccc(-c6cccc7c6sc6ccccc67)c5)ncnc43)c2)cc(-c2cccc3c2sc2ccccc23)c1. The first-order chi connectivity index (χ1) is 44.3. The number of fused-ring (bicyclic) bond motifs is 15. The second kappa shape index (κ2) is 23.3. The van der Waals surface area contributed by atoms with Gasteiger partial charge in [0.05, 0.1) is 16.7 Å². The summed E-state index contributed by atoms with van der Waals surface area (Å²) in [5, 5.41) is 34.0. The molecular formula is C78H47BCl2N4O2S3. The molecular weight excluding hydrogens is 1200 g/mol. The van der Waals surface area contributed by atoms with Crippen LogP contribution in [0.5, 0.6) is 0 Å². The molecule has 6 nitrogen and oxygen atoms in total. The highest BCUT2D eigenvalue weighted by Crippen LogP contribution is 2.44. The Morgan fingerprint density at radius 1 is 0.300 bits per heavy atom. The Bertz CT molecular complexity index is 5870. The van der Waals surface area contributed by atoms with Gasteiger partial charge in [-0.25, -0.2) is 19.9 Å². The van der Waals surface area contributed by atoms with Gasteiger partial charge in [0.2, 0.25) is 0 Å². The van der Waals surface area contributed by atoms with Crippen molar-refractivity contribution in [3.63, 3.8) is 0 Å². The van der Waals surface area contributed by atoms with Crippen LogP contribution in [0, 0.1) is 0 Å². The van der Waals surface area contributed by atoms with Gasteiger partial charge in [0.15, 0.2) is 0 Å². The molecule has 2 N–H and O–H groups in total. The molecule has 0 unspecified atom stereocenters. The van der Waals surface area contributed by atoms with E-state index in [1.807, 2.05) is 71.2 Å². The van der Waals surface area contributed by atoms with Crippen molar-refractivity contribution in [2.75, 3.05) is 0 Å². The lowest BCUT2D eigenvalue weighted by Gasteiger charge is -2.11. The first kappa shape index (κ1) is 55.6. The van der Waals surface area contributed by atoms with Crippen molar-refractivity contribution in [2.45, 2.75) is 0 Å². The summed E-state index contributed by atoms with van der Waals surface area (Å²) in [5.41, 5.74) is 13.8. The van der Waals surface area contributed by atoms with Crippen LogP contribution in [0.4, 0.5) is 0 Å². The van der Waals surface area contributed by atoms with Crippen molar-refractivity contribution in [1.29, 1.82) is 0 Å². The average Bonchev–Trinajstić information content (AvgIpc) is 1.95. The predicted molar refractivity (Wildman–Crippen MR) is 386 cm³/mol. The quantitative estimate of drug-likeness (QED) is 0.0979. The number of hydrogen-bond donors (Lipinski definition) is 2. The molecule has 13 aromatic carbocycles. The van der Waals surface area contributed by atoms with Gasteiger partial charge in [-0.1, -0.05) is 223 Å². The molecule has 5 aromatic heterocycles. The van der Waals surface area contributed by atoms with Crippen LogP contribution in [0.2, 0.25) is 10.2 Å². The van der Waals surface area contributed by atoms with Gasteiger partial charge in [-0.2, -0.15) is 0 Å². The fourth-order valence-electron chi connectivity index (χ4n) is 12.6. The Kier molecular flexibility index (Phi) is 14.4. The van der Waals surface area contributed by atoms with E-state index in [9.17, 15) is 10.0 Å². The van der Waals surface area contributed by atoms with Gasteiger partial charge < -0.3 is 10.0 Å². The van der Waals surface area contributed by atoms with Crippen LogP contribution < -0.4 is 5.46 Å². The zero-order chi connectivity index (χ0) is 60.4. The van der Waals surface area contributed by atoms with Gasteiger partial charge in [0.25, 0.3) is 0 Å². The van der Waals surface area contributed by atoms with Crippen molar-refractivity contribution in [2.24, 2.45) is 0 Å². The third-order valence-electron chi connectivity index (χ3n) is 16.8. The minimum Gasteiger partial charge on any atom is -0.423 e. The van der Waals surface area contributed by atoms with E-state index >= 15 is 0 Å². The highest BCUT2D eigenvalue weighted by atomic mass is 35.5. The van der Waals surface area contributed by atoms with Crippen LogP contribution in [-0.4, -0.2) is 37.1 Å². The highest BCUT2D eigenvalue weighted by Gasteiger charge is 2.18. The summed E-state index contributed by atoms with van der Waals surface area (Å²) < 4.78 is 7.79. The van der Waals surface area contributed by atoms with E-state index in [0.717, 1.165) is 65.7 Å². The van der Waals surface area contributed by atoms with Crippen molar-refractivity contribution in [1.82, 2.24) is 19.9 Å². The Labute approximate surface area is 539 Å². The van der Waals surface area contributed by atoms with Crippen LogP contribution in [-0.2, 0) is 0 Å². The third-order valence-corrected chi connectivity index (χ3v) is 21.0. The summed E-state index contributed by atoms with van der Waals surface area (Å²) in [6, 6.07) is 91.3. The van der Waals surface area contributed by atoms with Gasteiger partial charge in [-0.15, -0.1) is 34.0 Å². The lowest BCUT2D eigenvalue weighted by molar-refractivity contribution is 0.426. The van der Waals surface area contributed by atoms with E-state index in [-0.39, 0.29) is 0 Å². The molecule has 0 aliphatic rings. The fourth-order valence-corrected chi connectivity index (χ4v) is 16.6. The second-order valence-electron chi connectivity index (χ2n) is 22.1. The molecule has 0 fully saturated rings. The maximum absolute atomic E-state index is 9.38. The largest absolute Gasteiger partial charge is 0.488 e. The summed E-state index contributed by atoms with van der Waals surface area (Å²) in [7, 11) is -1.44. The van der Waals surface area contributed by atoms with Gasteiger partial charge in [0, 0.05) is 92.6 Å². The van der Waals surface area contributed by atoms with E-state index < -0.39 is 7.12 Å². The summed E-state index contributed by atoms with van der Waals surface area (Å²) in [4.78, 5) is 17.9. The van der Waals surface area contributed by atoms with Crippen LogP contribution in [0.3, 0.4) is 0 Å². The second-order valence-corrected chi connectivity index (χ2v) is 26.1. The van der Waals surface area contributed by atoms with Crippen LogP contribution in [0.25, 0.3) is 160 Å². The Balaban J connectivity index is 0.000000139. The molecule has 18 aromatic rings. The van der Waals surface area contributed by atoms with E-state index in [1.165, 1.54) is 100 Å². The van der Waals surface area contributed by atoms with Crippen molar-refractivity contribution >= 4 is 174 Å². The first-order valence-corrected chi connectivity index (χ1v) is 32.5. The molecule has 5 heterocycles. The van der Waals surface area contributed by atoms with E-state index in [1.54, 1.807) is 23.7 Å². The van der Waals surface area contributed by atoms with E-state index in [2.05, 4.69) is 216 Å². The summed E-state index contributed by atoms with van der Waals surface area (Å²) in [5.74, 6) is 0. The summed E-state index contributed by atoms with van der Waals surface area (Å²) >= 11 is 17.5. The predicted octanol–water partition coefficient (Wildman–Crippen LogP) is 21.7. The number of thiophene rings is 3. The third kappa shape index (κ3) is 10.1. The zero-order valence-corrected chi connectivity index (χ0v) is 51.7. The molecule has 18 rings (SSSR count). The number of aromatic nitrogens is 4. The van der Waals surface area contributed by atoms with Gasteiger partial charge in [-0.3, -0.25) is 0 Å². The van der Waals surface area contributed by atoms with Gasteiger partial charge in [-0.05, 0) is 121 Å². The zero-order valence-electron chi connectivity index (χ0n) is 47.7. The molecule has 0 spiro atoms. The Morgan fingerprint density at radius 2 is 0.722 bits per heavy atom. The molecule has 0 aliphatic carbocycles. The van der Waals surface area contributed by atoms with Crippen LogP contribution in [0.1, 0.15) is 0 Å². The maximum Gasteiger partial charge on any atom is 0.488 e. The first-order valence-electron chi connectivity index (χ1n) is 29.3. The molecule has 0 bridgehead atoms.